The van der Waals surface area contributed by atoms with Crippen LogP contribution in [-0.4, -0.2) is 6.54 Å². The van der Waals surface area contributed by atoms with Crippen molar-refractivity contribution in [2.75, 3.05) is 6.54 Å². The van der Waals surface area contributed by atoms with Gasteiger partial charge in [0.15, 0.2) is 0 Å². The van der Waals surface area contributed by atoms with E-state index in [9.17, 15) is 4.39 Å². The number of rotatable bonds is 5. The number of benzene rings is 1. The Morgan fingerprint density at radius 3 is 2.56 bits per heavy atom. The lowest BCUT2D eigenvalue weighted by Gasteiger charge is -2.17. The lowest BCUT2D eigenvalue weighted by Crippen LogP contribution is -2.19. The standard InChI is InChI=1S/C13H19ClFN/c1-9(2)5-10(8-16)6-11-3-4-12(15)7-13(11)14/h3-4,7,9-10H,5-6,8,16H2,1-2H3. The Balaban J connectivity index is 2.70. The maximum atomic E-state index is 12.9. The highest BCUT2D eigenvalue weighted by atomic mass is 35.5. The molecule has 0 aliphatic rings. The molecule has 0 bridgehead atoms. The number of hydrogen-bond acceptors (Lipinski definition) is 1. The van der Waals surface area contributed by atoms with Crippen LogP contribution in [0.1, 0.15) is 25.8 Å². The molecule has 1 aromatic carbocycles. The van der Waals surface area contributed by atoms with Crippen molar-refractivity contribution < 1.29 is 4.39 Å². The second kappa shape index (κ2) is 6.21. The topological polar surface area (TPSA) is 26.0 Å². The first kappa shape index (κ1) is 13.5. The molecule has 1 rings (SSSR count). The minimum Gasteiger partial charge on any atom is -0.330 e. The van der Waals surface area contributed by atoms with Crippen LogP contribution in [0.5, 0.6) is 0 Å². The summed E-state index contributed by atoms with van der Waals surface area (Å²) >= 11 is 5.99. The molecule has 0 radical (unpaired) electrons. The molecular weight excluding hydrogens is 225 g/mol. The number of hydrogen-bond donors (Lipinski definition) is 1. The molecule has 1 nitrogen and oxygen atoms in total. The Morgan fingerprint density at radius 2 is 2.06 bits per heavy atom. The molecule has 1 atom stereocenters. The van der Waals surface area contributed by atoms with Gasteiger partial charge >= 0.3 is 0 Å². The fourth-order valence-corrected chi connectivity index (χ4v) is 2.17. The van der Waals surface area contributed by atoms with Gasteiger partial charge in [-0.05, 0) is 48.9 Å². The third-order valence-corrected chi connectivity index (χ3v) is 3.01. The van der Waals surface area contributed by atoms with Gasteiger partial charge in [0.2, 0.25) is 0 Å². The van der Waals surface area contributed by atoms with Gasteiger partial charge in [-0.2, -0.15) is 0 Å². The Bertz CT molecular complexity index is 339. The summed E-state index contributed by atoms with van der Waals surface area (Å²) in [7, 11) is 0. The summed E-state index contributed by atoms with van der Waals surface area (Å²) in [4.78, 5) is 0. The SMILES string of the molecule is CC(C)CC(CN)Cc1ccc(F)cc1Cl. The lowest BCUT2D eigenvalue weighted by molar-refractivity contribution is 0.415. The van der Waals surface area contributed by atoms with Gasteiger partial charge < -0.3 is 5.73 Å². The molecule has 0 saturated heterocycles. The smallest absolute Gasteiger partial charge is 0.124 e. The fraction of sp³-hybridized carbons (Fsp3) is 0.538. The summed E-state index contributed by atoms with van der Waals surface area (Å²) in [6.45, 7) is 5.00. The van der Waals surface area contributed by atoms with Crippen LogP contribution in [0.15, 0.2) is 18.2 Å². The zero-order chi connectivity index (χ0) is 12.1. The van der Waals surface area contributed by atoms with E-state index in [1.807, 2.05) is 0 Å². The third kappa shape index (κ3) is 4.11. The van der Waals surface area contributed by atoms with E-state index in [1.165, 1.54) is 12.1 Å². The zero-order valence-corrected chi connectivity index (χ0v) is 10.6. The first-order valence-electron chi connectivity index (χ1n) is 5.67. The van der Waals surface area contributed by atoms with E-state index in [0.717, 1.165) is 18.4 Å². The Labute approximate surface area is 102 Å². The van der Waals surface area contributed by atoms with Gasteiger partial charge in [-0.1, -0.05) is 31.5 Å². The second-order valence-electron chi connectivity index (χ2n) is 4.67. The minimum atomic E-state index is -0.290. The van der Waals surface area contributed by atoms with Crippen molar-refractivity contribution in [2.45, 2.75) is 26.7 Å². The average molecular weight is 244 g/mol. The molecule has 0 fully saturated rings. The fourth-order valence-electron chi connectivity index (χ4n) is 1.93. The Kier molecular flexibility index (Phi) is 5.23. The predicted octanol–water partition coefficient (Wildman–Crippen LogP) is 3.64. The molecule has 3 heteroatoms. The quantitative estimate of drug-likeness (QED) is 0.840. The molecule has 0 aliphatic carbocycles. The van der Waals surface area contributed by atoms with Crippen LogP contribution < -0.4 is 5.73 Å². The van der Waals surface area contributed by atoms with Crippen LogP contribution in [0.2, 0.25) is 5.02 Å². The van der Waals surface area contributed by atoms with E-state index in [2.05, 4.69) is 13.8 Å². The Morgan fingerprint density at radius 1 is 1.38 bits per heavy atom. The number of halogens is 2. The van der Waals surface area contributed by atoms with Crippen molar-refractivity contribution in [2.24, 2.45) is 17.6 Å². The van der Waals surface area contributed by atoms with Gasteiger partial charge in [-0.3, -0.25) is 0 Å². The highest BCUT2D eigenvalue weighted by Crippen LogP contribution is 2.23. The summed E-state index contributed by atoms with van der Waals surface area (Å²) in [6, 6.07) is 4.56. The molecule has 0 aromatic heterocycles. The third-order valence-electron chi connectivity index (χ3n) is 2.66. The van der Waals surface area contributed by atoms with Gasteiger partial charge in [0.25, 0.3) is 0 Å². The lowest BCUT2D eigenvalue weighted by atomic mass is 9.91. The summed E-state index contributed by atoms with van der Waals surface area (Å²) in [5.74, 6) is 0.748. The maximum Gasteiger partial charge on any atom is 0.124 e. The molecule has 0 saturated carbocycles. The zero-order valence-electron chi connectivity index (χ0n) is 9.84. The van der Waals surface area contributed by atoms with Crippen molar-refractivity contribution in [3.63, 3.8) is 0 Å². The molecule has 0 aliphatic heterocycles. The van der Waals surface area contributed by atoms with E-state index in [-0.39, 0.29) is 5.82 Å². The van der Waals surface area contributed by atoms with E-state index in [4.69, 9.17) is 17.3 Å². The predicted molar refractivity (Wildman–Crippen MR) is 67.1 cm³/mol. The van der Waals surface area contributed by atoms with Gasteiger partial charge in [0.1, 0.15) is 5.82 Å². The summed E-state index contributed by atoms with van der Waals surface area (Å²) in [5, 5.41) is 0.502. The van der Waals surface area contributed by atoms with Gasteiger partial charge in [-0.25, -0.2) is 4.39 Å². The summed E-state index contributed by atoms with van der Waals surface area (Å²) in [6.07, 6.45) is 1.90. The van der Waals surface area contributed by atoms with Gasteiger partial charge in [-0.15, -0.1) is 0 Å². The number of nitrogens with two attached hydrogens (primary N) is 1. The molecule has 2 N–H and O–H groups in total. The van der Waals surface area contributed by atoms with E-state index in [1.54, 1.807) is 6.07 Å². The second-order valence-corrected chi connectivity index (χ2v) is 5.08. The molecule has 0 amide bonds. The van der Waals surface area contributed by atoms with E-state index >= 15 is 0 Å². The van der Waals surface area contributed by atoms with Crippen LogP contribution in [-0.2, 0) is 6.42 Å². The molecule has 0 heterocycles. The van der Waals surface area contributed by atoms with Crippen LogP contribution in [0.4, 0.5) is 4.39 Å². The molecule has 1 aromatic rings. The van der Waals surface area contributed by atoms with Crippen LogP contribution in [0.25, 0.3) is 0 Å². The Hall–Kier alpha value is -0.600. The summed E-state index contributed by atoms with van der Waals surface area (Å²) in [5.41, 5.74) is 6.72. The van der Waals surface area contributed by atoms with Crippen LogP contribution in [0, 0.1) is 17.7 Å². The highest BCUT2D eigenvalue weighted by molar-refractivity contribution is 6.31. The summed E-state index contributed by atoms with van der Waals surface area (Å²) < 4.78 is 12.9. The molecule has 16 heavy (non-hydrogen) atoms. The first-order valence-corrected chi connectivity index (χ1v) is 6.04. The normalized spacial score (nSPS) is 13.1. The first-order chi connectivity index (χ1) is 7.52. The molecule has 1 unspecified atom stereocenters. The van der Waals surface area contributed by atoms with Crippen molar-refractivity contribution in [1.29, 1.82) is 0 Å². The van der Waals surface area contributed by atoms with Crippen molar-refractivity contribution in [3.05, 3.63) is 34.6 Å². The minimum absolute atomic E-state index is 0.290. The highest BCUT2D eigenvalue weighted by Gasteiger charge is 2.12. The molecule has 90 valence electrons. The molecular formula is C13H19ClFN. The van der Waals surface area contributed by atoms with E-state index in [0.29, 0.717) is 23.4 Å². The van der Waals surface area contributed by atoms with Crippen LogP contribution >= 0.6 is 11.6 Å². The van der Waals surface area contributed by atoms with Gasteiger partial charge in [0.05, 0.1) is 0 Å². The monoisotopic (exact) mass is 243 g/mol. The van der Waals surface area contributed by atoms with Crippen molar-refractivity contribution >= 4 is 11.6 Å². The molecule has 0 spiro atoms. The van der Waals surface area contributed by atoms with Crippen molar-refractivity contribution in [3.8, 4) is 0 Å². The van der Waals surface area contributed by atoms with Crippen LogP contribution in [0.3, 0.4) is 0 Å². The van der Waals surface area contributed by atoms with E-state index < -0.39 is 0 Å². The van der Waals surface area contributed by atoms with Crippen molar-refractivity contribution in [1.82, 2.24) is 0 Å². The van der Waals surface area contributed by atoms with Gasteiger partial charge in [0, 0.05) is 5.02 Å². The average Bonchev–Trinajstić information content (AvgIpc) is 2.20. The maximum absolute atomic E-state index is 12.9. The largest absolute Gasteiger partial charge is 0.330 e.